The van der Waals surface area contributed by atoms with E-state index < -0.39 is 0 Å². The summed E-state index contributed by atoms with van der Waals surface area (Å²) in [5.41, 5.74) is 2.52. The Morgan fingerprint density at radius 1 is 1.32 bits per heavy atom. The number of hydrogen-bond donors (Lipinski definition) is 0. The molecule has 0 aliphatic carbocycles. The highest BCUT2D eigenvalue weighted by Gasteiger charge is 1.97. The highest BCUT2D eigenvalue weighted by atomic mass is 16.5. The molecular formula is C17H24O2. The average Bonchev–Trinajstić information content (AvgIpc) is 2.44. The van der Waals surface area contributed by atoms with Gasteiger partial charge in [0.1, 0.15) is 5.75 Å². The van der Waals surface area contributed by atoms with Crippen LogP contribution in [0.2, 0.25) is 0 Å². The average molecular weight is 260 g/mol. The van der Waals surface area contributed by atoms with Crippen LogP contribution in [-0.2, 0) is 11.3 Å². The van der Waals surface area contributed by atoms with E-state index in [2.05, 4.69) is 26.5 Å². The second-order valence-corrected chi connectivity index (χ2v) is 4.76. The van der Waals surface area contributed by atoms with Crippen molar-refractivity contribution in [3.8, 4) is 5.75 Å². The predicted octanol–water partition coefficient (Wildman–Crippen LogP) is 4.37. The lowest BCUT2D eigenvalue weighted by molar-refractivity contribution is 0.123. The maximum absolute atomic E-state index is 5.67. The van der Waals surface area contributed by atoms with Crippen LogP contribution in [0.4, 0.5) is 0 Å². The van der Waals surface area contributed by atoms with Crippen LogP contribution in [0.15, 0.2) is 48.6 Å². The molecule has 0 aromatic heterocycles. The Bertz CT molecular complexity index is 404. The molecule has 0 radical (unpaired) electrons. The molecule has 0 fully saturated rings. The van der Waals surface area contributed by atoms with Crippen molar-refractivity contribution in [1.82, 2.24) is 0 Å². The molecule has 1 aromatic carbocycles. The summed E-state index contributed by atoms with van der Waals surface area (Å²) in [6.07, 6.45) is 5.14. The molecular weight excluding hydrogens is 236 g/mol. The van der Waals surface area contributed by atoms with Crippen molar-refractivity contribution in [2.45, 2.75) is 26.9 Å². The van der Waals surface area contributed by atoms with Crippen LogP contribution < -0.4 is 4.74 Å². The third-order valence-corrected chi connectivity index (χ3v) is 2.99. The molecule has 1 atom stereocenters. The van der Waals surface area contributed by atoms with E-state index in [1.54, 1.807) is 7.11 Å². The van der Waals surface area contributed by atoms with Crippen molar-refractivity contribution in [3.05, 3.63) is 54.1 Å². The fraction of sp³-hybridized carbons (Fsp3) is 0.412. The van der Waals surface area contributed by atoms with Crippen molar-refractivity contribution in [3.63, 3.8) is 0 Å². The molecule has 0 aliphatic rings. The monoisotopic (exact) mass is 260 g/mol. The molecule has 0 N–H and O–H groups in total. The highest BCUT2D eigenvalue weighted by Crippen LogP contribution is 2.12. The summed E-state index contributed by atoms with van der Waals surface area (Å²) >= 11 is 0. The zero-order valence-electron chi connectivity index (χ0n) is 12.2. The number of benzene rings is 1. The Kier molecular flexibility index (Phi) is 6.98. The topological polar surface area (TPSA) is 18.5 Å². The minimum Gasteiger partial charge on any atom is -0.497 e. The third-order valence-electron chi connectivity index (χ3n) is 2.99. The molecule has 2 nitrogen and oxygen atoms in total. The predicted molar refractivity (Wildman–Crippen MR) is 80.4 cm³/mol. The molecule has 19 heavy (non-hydrogen) atoms. The van der Waals surface area contributed by atoms with Crippen molar-refractivity contribution in [1.29, 1.82) is 0 Å². The van der Waals surface area contributed by atoms with Gasteiger partial charge in [0.05, 0.1) is 20.3 Å². The summed E-state index contributed by atoms with van der Waals surface area (Å²) < 4.78 is 10.8. The van der Waals surface area contributed by atoms with Gasteiger partial charge >= 0.3 is 0 Å². The van der Waals surface area contributed by atoms with E-state index in [0.717, 1.165) is 18.8 Å². The van der Waals surface area contributed by atoms with E-state index in [0.29, 0.717) is 12.5 Å². The Balaban J connectivity index is 2.26. The highest BCUT2D eigenvalue weighted by molar-refractivity contribution is 5.26. The molecule has 104 valence electrons. The standard InChI is InChI=1S/C17H24O2/c1-5-14(2)12-15(3)10-11-19-13-16-6-8-17(18-4)9-7-16/h5-9,12,14H,1,10-11,13H2,2-4H3/b15-12-/t14-/m1/s1. The summed E-state index contributed by atoms with van der Waals surface area (Å²) in [7, 11) is 1.67. The number of ether oxygens (including phenoxy) is 2. The van der Waals surface area contributed by atoms with Gasteiger partial charge in [0.15, 0.2) is 0 Å². The Hall–Kier alpha value is -1.54. The largest absolute Gasteiger partial charge is 0.497 e. The molecule has 0 saturated heterocycles. The Morgan fingerprint density at radius 2 is 2.00 bits per heavy atom. The van der Waals surface area contributed by atoms with Gasteiger partial charge in [-0.3, -0.25) is 0 Å². The lowest BCUT2D eigenvalue weighted by atomic mass is 10.1. The second-order valence-electron chi connectivity index (χ2n) is 4.76. The van der Waals surface area contributed by atoms with Gasteiger partial charge < -0.3 is 9.47 Å². The van der Waals surface area contributed by atoms with Gasteiger partial charge in [0, 0.05) is 0 Å². The maximum Gasteiger partial charge on any atom is 0.118 e. The van der Waals surface area contributed by atoms with Crippen LogP contribution in [0.5, 0.6) is 5.75 Å². The molecule has 0 spiro atoms. The number of methoxy groups -OCH3 is 1. The van der Waals surface area contributed by atoms with E-state index in [1.165, 1.54) is 11.1 Å². The van der Waals surface area contributed by atoms with E-state index in [4.69, 9.17) is 9.47 Å². The fourth-order valence-electron chi connectivity index (χ4n) is 1.75. The van der Waals surface area contributed by atoms with Crippen LogP contribution in [0.3, 0.4) is 0 Å². The Labute approximate surface area is 116 Å². The second kappa shape index (κ2) is 8.54. The number of rotatable bonds is 8. The van der Waals surface area contributed by atoms with Crippen LogP contribution in [0.1, 0.15) is 25.8 Å². The first-order valence-electron chi connectivity index (χ1n) is 6.66. The third kappa shape index (κ3) is 6.25. The molecule has 0 amide bonds. The van der Waals surface area contributed by atoms with Gasteiger partial charge in [-0.1, -0.05) is 36.8 Å². The van der Waals surface area contributed by atoms with E-state index in [9.17, 15) is 0 Å². The number of allylic oxidation sites excluding steroid dienone is 2. The van der Waals surface area contributed by atoms with Gasteiger partial charge in [0.25, 0.3) is 0 Å². The quantitative estimate of drug-likeness (QED) is 0.510. The van der Waals surface area contributed by atoms with E-state index >= 15 is 0 Å². The first-order chi connectivity index (χ1) is 9.15. The molecule has 2 heteroatoms. The summed E-state index contributed by atoms with van der Waals surface area (Å²) in [5, 5.41) is 0. The van der Waals surface area contributed by atoms with Gasteiger partial charge in [-0.25, -0.2) is 0 Å². The lowest BCUT2D eigenvalue weighted by Gasteiger charge is -2.07. The zero-order valence-corrected chi connectivity index (χ0v) is 12.2. The summed E-state index contributed by atoms with van der Waals surface area (Å²) in [6.45, 7) is 9.44. The van der Waals surface area contributed by atoms with Crippen LogP contribution in [0, 0.1) is 5.92 Å². The molecule has 1 aromatic rings. The van der Waals surface area contributed by atoms with Crippen molar-refractivity contribution >= 4 is 0 Å². The van der Waals surface area contributed by atoms with Gasteiger partial charge in [-0.15, -0.1) is 6.58 Å². The van der Waals surface area contributed by atoms with Gasteiger partial charge in [-0.2, -0.15) is 0 Å². The maximum atomic E-state index is 5.67. The molecule has 0 bridgehead atoms. The first-order valence-corrected chi connectivity index (χ1v) is 6.66. The van der Waals surface area contributed by atoms with Crippen LogP contribution in [0.25, 0.3) is 0 Å². The molecule has 0 unspecified atom stereocenters. The summed E-state index contributed by atoms with van der Waals surface area (Å²) in [6, 6.07) is 7.97. The SMILES string of the molecule is C=C[C@@H](C)/C=C(/C)CCOCc1ccc(OC)cc1. The summed E-state index contributed by atoms with van der Waals surface area (Å²) in [5.74, 6) is 1.31. The molecule has 0 heterocycles. The summed E-state index contributed by atoms with van der Waals surface area (Å²) in [4.78, 5) is 0. The number of hydrogen-bond acceptors (Lipinski definition) is 2. The van der Waals surface area contributed by atoms with Gasteiger partial charge in [0.2, 0.25) is 0 Å². The Morgan fingerprint density at radius 3 is 2.58 bits per heavy atom. The zero-order chi connectivity index (χ0) is 14.1. The first kappa shape index (κ1) is 15.5. The molecule has 0 aliphatic heterocycles. The van der Waals surface area contributed by atoms with Gasteiger partial charge in [-0.05, 0) is 37.0 Å². The normalized spacial score (nSPS) is 13.1. The van der Waals surface area contributed by atoms with Crippen LogP contribution >= 0.6 is 0 Å². The smallest absolute Gasteiger partial charge is 0.118 e. The van der Waals surface area contributed by atoms with E-state index in [1.807, 2.05) is 30.3 Å². The minimum absolute atomic E-state index is 0.432. The van der Waals surface area contributed by atoms with Crippen molar-refractivity contribution in [2.24, 2.45) is 5.92 Å². The van der Waals surface area contributed by atoms with Crippen molar-refractivity contribution < 1.29 is 9.47 Å². The van der Waals surface area contributed by atoms with Crippen LogP contribution in [-0.4, -0.2) is 13.7 Å². The molecule has 0 saturated carbocycles. The van der Waals surface area contributed by atoms with E-state index in [-0.39, 0.29) is 0 Å². The lowest BCUT2D eigenvalue weighted by Crippen LogP contribution is -1.97. The fourth-order valence-corrected chi connectivity index (χ4v) is 1.75. The minimum atomic E-state index is 0.432. The molecule has 1 rings (SSSR count). The van der Waals surface area contributed by atoms with Crippen molar-refractivity contribution in [2.75, 3.05) is 13.7 Å².